The zero-order chi connectivity index (χ0) is 20.4. The largest absolute Gasteiger partial charge is 0.462 e. The fraction of sp³-hybridized carbons (Fsp3) is 0.333. The van der Waals surface area contributed by atoms with Gasteiger partial charge in [0, 0.05) is 18.4 Å². The molecule has 0 spiro atoms. The number of carbonyl (C=O) groups excluding carboxylic acids is 2. The second kappa shape index (κ2) is 8.16. The molecule has 1 aliphatic carbocycles. The molecule has 2 heterocycles. The Morgan fingerprint density at radius 2 is 2.03 bits per heavy atom. The van der Waals surface area contributed by atoms with Crippen LogP contribution in [0.25, 0.3) is 5.69 Å². The molecule has 0 unspecified atom stereocenters. The van der Waals surface area contributed by atoms with Crippen LogP contribution in [0.1, 0.15) is 40.7 Å². The van der Waals surface area contributed by atoms with E-state index in [9.17, 15) is 9.59 Å². The lowest BCUT2D eigenvalue weighted by Gasteiger charge is -2.19. The molecule has 0 bridgehead atoms. The minimum atomic E-state index is -0.383. The predicted molar refractivity (Wildman–Crippen MR) is 111 cm³/mol. The summed E-state index contributed by atoms with van der Waals surface area (Å²) < 4.78 is 6.87. The Kier molecular flexibility index (Phi) is 5.44. The highest BCUT2D eigenvalue weighted by Gasteiger charge is 2.36. The van der Waals surface area contributed by atoms with E-state index in [1.807, 2.05) is 36.5 Å². The summed E-state index contributed by atoms with van der Waals surface area (Å²) in [7, 11) is 0. The van der Waals surface area contributed by atoms with Gasteiger partial charge in [0.2, 0.25) is 5.91 Å². The van der Waals surface area contributed by atoms with Crippen molar-refractivity contribution in [2.75, 3.05) is 11.5 Å². The van der Waals surface area contributed by atoms with Gasteiger partial charge in [-0.05, 0) is 50.5 Å². The number of anilines is 1. The third-order valence-electron chi connectivity index (χ3n) is 4.69. The van der Waals surface area contributed by atoms with Crippen LogP contribution in [0.3, 0.4) is 0 Å². The second-order valence-electron chi connectivity index (χ2n) is 6.92. The van der Waals surface area contributed by atoms with Gasteiger partial charge in [-0.3, -0.25) is 9.69 Å². The highest BCUT2D eigenvalue weighted by atomic mass is 32.1. The Hall–Kier alpha value is -3.00. The fourth-order valence-electron chi connectivity index (χ4n) is 3.12. The molecule has 7 nitrogen and oxygen atoms in total. The van der Waals surface area contributed by atoms with E-state index in [2.05, 4.69) is 10.1 Å². The lowest BCUT2D eigenvalue weighted by Crippen LogP contribution is -2.34. The molecule has 0 atom stereocenters. The van der Waals surface area contributed by atoms with Gasteiger partial charge < -0.3 is 4.74 Å². The number of hydrogen-bond donors (Lipinski definition) is 0. The van der Waals surface area contributed by atoms with Gasteiger partial charge in [0.25, 0.3) is 0 Å². The first-order valence-electron chi connectivity index (χ1n) is 9.62. The highest BCUT2D eigenvalue weighted by Crippen LogP contribution is 2.36. The van der Waals surface area contributed by atoms with Crippen LogP contribution in [0, 0.1) is 6.92 Å². The van der Waals surface area contributed by atoms with Crippen LogP contribution >= 0.6 is 11.3 Å². The van der Waals surface area contributed by atoms with Crippen LogP contribution in [0.5, 0.6) is 0 Å². The molecule has 0 aliphatic heterocycles. The zero-order valence-corrected chi connectivity index (χ0v) is 17.2. The van der Waals surface area contributed by atoms with Crippen LogP contribution in [0.2, 0.25) is 0 Å². The summed E-state index contributed by atoms with van der Waals surface area (Å²) in [6.07, 6.45) is 5.80. The second-order valence-corrected chi connectivity index (χ2v) is 7.90. The van der Waals surface area contributed by atoms with Gasteiger partial charge in [0.05, 0.1) is 24.4 Å². The van der Waals surface area contributed by atoms with Crippen molar-refractivity contribution in [2.45, 2.75) is 39.2 Å². The van der Waals surface area contributed by atoms with Crippen LogP contribution in [-0.2, 0) is 16.0 Å². The molecule has 3 aromatic rings. The Balaban J connectivity index is 1.51. The lowest BCUT2D eigenvalue weighted by molar-refractivity contribution is -0.118. The van der Waals surface area contributed by atoms with Gasteiger partial charge in [-0.15, -0.1) is 0 Å². The standard InChI is InChI=1S/C21H22N4O3S/c1-3-28-20(27)19-14(2)23-21(29-19)25(17-9-10-17)18(26)13-15-5-7-16(8-6-15)24-12-4-11-22-24/h4-8,11-12,17H,3,9-10,13H2,1-2H3. The zero-order valence-electron chi connectivity index (χ0n) is 16.4. The van der Waals surface area contributed by atoms with Gasteiger partial charge in [-0.2, -0.15) is 5.10 Å². The van der Waals surface area contributed by atoms with E-state index < -0.39 is 0 Å². The number of rotatable bonds is 7. The molecule has 1 fully saturated rings. The summed E-state index contributed by atoms with van der Waals surface area (Å²) in [5.41, 5.74) is 2.47. The lowest BCUT2D eigenvalue weighted by atomic mass is 10.1. The normalized spacial score (nSPS) is 13.3. The van der Waals surface area contributed by atoms with E-state index in [0.717, 1.165) is 24.1 Å². The van der Waals surface area contributed by atoms with Gasteiger partial charge in [-0.1, -0.05) is 23.5 Å². The van der Waals surface area contributed by atoms with Crippen molar-refractivity contribution in [1.29, 1.82) is 0 Å². The summed E-state index contributed by atoms with van der Waals surface area (Å²) in [5.74, 6) is -0.394. The molecule has 8 heteroatoms. The first kappa shape index (κ1) is 19.3. The maximum absolute atomic E-state index is 13.1. The van der Waals surface area contributed by atoms with Crippen molar-refractivity contribution >= 4 is 28.3 Å². The number of ether oxygens (including phenoxy) is 1. The molecule has 0 saturated heterocycles. The molecule has 150 valence electrons. The average molecular weight is 410 g/mol. The minimum absolute atomic E-state index is 0.0106. The number of thiazole rings is 1. The summed E-state index contributed by atoms with van der Waals surface area (Å²) in [6, 6.07) is 9.80. The van der Waals surface area contributed by atoms with E-state index in [-0.39, 0.29) is 24.3 Å². The Bertz CT molecular complexity index is 1010. The molecule has 1 aliphatic rings. The number of aryl methyl sites for hydroxylation is 1. The molecule has 1 saturated carbocycles. The summed E-state index contributed by atoms with van der Waals surface area (Å²) in [4.78, 5) is 31.9. The molecule has 1 aromatic carbocycles. The van der Waals surface area contributed by atoms with Crippen molar-refractivity contribution in [3.63, 3.8) is 0 Å². The smallest absolute Gasteiger partial charge is 0.350 e. The molecule has 2 aromatic heterocycles. The minimum Gasteiger partial charge on any atom is -0.462 e. The topological polar surface area (TPSA) is 77.3 Å². The van der Waals surface area contributed by atoms with Crippen molar-refractivity contribution in [3.05, 3.63) is 58.9 Å². The van der Waals surface area contributed by atoms with Crippen molar-refractivity contribution in [2.24, 2.45) is 0 Å². The van der Waals surface area contributed by atoms with E-state index in [4.69, 9.17) is 4.74 Å². The first-order valence-corrected chi connectivity index (χ1v) is 10.4. The molecule has 1 amide bonds. The first-order chi connectivity index (χ1) is 14.1. The number of amides is 1. The molecular weight excluding hydrogens is 388 g/mol. The fourth-order valence-corrected chi connectivity index (χ4v) is 4.17. The van der Waals surface area contributed by atoms with Crippen LogP contribution in [-0.4, -0.2) is 39.3 Å². The monoisotopic (exact) mass is 410 g/mol. The average Bonchev–Trinajstić information content (AvgIpc) is 3.22. The maximum atomic E-state index is 13.1. The molecule has 4 rings (SSSR count). The van der Waals surface area contributed by atoms with Crippen LogP contribution in [0.4, 0.5) is 5.13 Å². The van der Waals surface area contributed by atoms with Crippen molar-refractivity contribution in [3.8, 4) is 5.69 Å². The van der Waals surface area contributed by atoms with Crippen LogP contribution in [0.15, 0.2) is 42.7 Å². The van der Waals surface area contributed by atoms with Gasteiger partial charge in [0.15, 0.2) is 5.13 Å². The molecule has 0 radical (unpaired) electrons. The van der Waals surface area contributed by atoms with E-state index in [0.29, 0.717) is 22.3 Å². The number of esters is 1. The van der Waals surface area contributed by atoms with Crippen molar-refractivity contribution < 1.29 is 14.3 Å². The van der Waals surface area contributed by atoms with Gasteiger partial charge >= 0.3 is 5.97 Å². The van der Waals surface area contributed by atoms with Gasteiger partial charge in [0.1, 0.15) is 4.88 Å². The maximum Gasteiger partial charge on any atom is 0.350 e. The van der Waals surface area contributed by atoms with Crippen LogP contribution < -0.4 is 4.90 Å². The predicted octanol–water partition coefficient (Wildman–Crippen LogP) is 3.55. The Morgan fingerprint density at radius 3 is 2.66 bits per heavy atom. The number of nitrogens with zero attached hydrogens (tertiary/aromatic N) is 4. The van der Waals surface area contributed by atoms with E-state index in [1.54, 1.807) is 29.6 Å². The SMILES string of the molecule is CCOC(=O)c1sc(N(C(=O)Cc2ccc(-n3cccn3)cc2)C2CC2)nc1C. The Morgan fingerprint density at radius 1 is 1.28 bits per heavy atom. The van der Waals surface area contributed by atoms with E-state index in [1.165, 1.54) is 11.3 Å². The number of benzene rings is 1. The van der Waals surface area contributed by atoms with Gasteiger partial charge in [-0.25, -0.2) is 14.5 Å². The van der Waals surface area contributed by atoms with E-state index >= 15 is 0 Å². The van der Waals surface area contributed by atoms with Crippen molar-refractivity contribution in [1.82, 2.24) is 14.8 Å². The number of aromatic nitrogens is 3. The summed E-state index contributed by atoms with van der Waals surface area (Å²) in [6.45, 7) is 3.86. The molecule has 0 N–H and O–H groups in total. The summed E-state index contributed by atoms with van der Waals surface area (Å²) >= 11 is 1.23. The molecular formula is C21H22N4O3S. The quantitative estimate of drug-likeness (QED) is 0.557. The Labute approximate surface area is 172 Å². The highest BCUT2D eigenvalue weighted by molar-refractivity contribution is 7.17. The summed E-state index contributed by atoms with van der Waals surface area (Å²) in [5, 5.41) is 4.79. The molecule has 29 heavy (non-hydrogen) atoms. The number of carbonyl (C=O) groups is 2. The number of hydrogen-bond acceptors (Lipinski definition) is 6. The third-order valence-corrected chi connectivity index (χ3v) is 5.83. The third kappa shape index (κ3) is 4.22.